The van der Waals surface area contributed by atoms with E-state index in [2.05, 4.69) is 5.32 Å². The Morgan fingerprint density at radius 1 is 1.08 bits per heavy atom. The quantitative estimate of drug-likeness (QED) is 0.869. The van der Waals surface area contributed by atoms with Gasteiger partial charge in [-0.15, -0.1) is 0 Å². The third kappa shape index (κ3) is 4.50. The minimum atomic E-state index is -0.891. The van der Waals surface area contributed by atoms with E-state index in [0.29, 0.717) is 18.4 Å². The molecule has 1 unspecified atom stereocenters. The molecule has 0 aliphatic carbocycles. The highest BCUT2D eigenvalue weighted by Gasteiger charge is 2.13. The van der Waals surface area contributed by atoms with Crippen molar-refractivity contribution in [3.63, 3.8) is 0 Å². The molecular weight excluding hydrogens is 319 g/mol. The summed E-state index contributed by atoms with van der Waals surface area (Å²) in [4.78, 5) is 12.1. The largest absolute Gasteiger partial charge is 0.494 e. The fourth-order valence-electron chi connectivity index (χ4n) is 2.27. The second-order valence-corrected chi connectivity index (χ2v) is 5.51. The maximum absolute atomic E-state index is 13.6. The van der Waals surface area contributed by atoms with E-state index in [0.717, 1.165) is 18.2 Å². The topological polar surface area (TPSA) is 38.3 Å². The molecule has 2 aromatic carbocycles. The molecule has 24 heavy (non-hydrogen) atoms. The molecule has 1 atom stereocenters. The SMILES string of the molecule is COc1ccc(C(=O)NC(C)CCc2ccc(F)c(F)c2)cc1F. The first-order chi connectivity index (χ1) is 11.4. The van der Waals surface area contributed by atoms with Gasteiger partial charge in [0.15, 0.2) is 23.2 Å². The standard InChI is InChI=1S/C18H18F3NO2/c1-11(3-4-12-5-7-14(19)15(20)9-12)22-18(23)13-6-8-17(24-2)16(21)10-13/h5-11H,3-4H2,1-2H3,(H,22,23). The van der Waals surface area contributed by atoms with Crippen LogP contribution in [0.4, 0.5) is 13.2 Å². The zero-order chi connectivity index (χ0) is 17.7. The maximum Gasteiger partial charge on any atom is 0.251 e. The minimum Gasteiger partial charge on any atom is -0.494 e. The number of hydrogen-bond donors (Lipinski definition) is 1. The van der Waals surface area contributed by atoms with E-state index in [4.69, 9.17) is 4.74 Å². The average molecular weight is 337 g/mol. The summed E-state index contributed by atoms with van der Waals surface area (Å²) in [5, 5.41) is 2.74. The van der Waals surface area contributed by atoms with E-state index in [1.165, 1.54) is 25.3 Å². The number of carbonyl (C=O) groups is 1. The van der Waals surface area contributed by atoms with Crippen LogP contribution in [0.3, 0.4) is 0 Å². The Morgan fingerprint density at radius 2 is 1.83 bits per heavy atom. The summed E-state index contributed by atoms with van der Waals surface area (Å²) >= 11 is 0. The Labute approximate surface area is 138 Å². The Balaban J connectivity index is 1.91. The van der Waals surface area contributed by atoms with Gasteiger partial charge in [-0.2, -0.15) is 0 Å². The third-order valence-corrected chi connectivity index (χ3v) is 3.64. The summed E-state index contributed by atoms with van der Waals surface area (Å²) in [6.45, 7) is 1.79. The molecule has 0 aliphatic rings. The van der Waals surface area contributed by atoms with Crippen LogP contribution in [0, 0.1) is 17.5 Å². The number of ether oxygens (including phenoxy) is 1. The molecule has 3 nitrogen and oxygen atoms in total. The van der Waals surface area contributed by atoms with Crippen LogP contribution in [0.5, 0.6) is 5.75 Å². The lowest BCUT2D eigenvalue weighted by Crippen LogP contribution is -2.33. The van der Waals surface area contributed by atoms with E-state index in [-0.39, 0.29) is 17.4 Å². The predicted octanol–water partition coefficient (Wildman–Crippen LogP) is 3.86. The van der Waals surface area contributed by atoms with E-state index in [9.17, 15) is 18.0 Å². The number of nitrogens with one attached hydrogen (secondary N) is 1. The summed E-state index contributed by atoms with van der Waals surface area (Å²) in [6, 6.07) is 7.48. The first-order valence-electron chi connectivity index (χ1n) is 7.49. The van der Waals surface area contributed by atoms with Crippen molar-refractivity contribution < 1.29 is 22.7 Å². The van der Waals surface area contributed by atoms with E-state index in [1.807, 2.05) is 0 Å². The Kier molecular flexibility index (Phi) is 5.84. The number of halogens is 3. The van der Waals surface area contributed by atoms with Gasteiger partial charge in [0.1, 0.15) is 0 Å². The molecule has 0 aromatic heterocycles. The average Bonchev–Trinajstić information content (AvgIpc) is 2.55. The van der Waals surface area contributed by atoms with Crippen LogP contribution in [0.1, 0.15) is 29.3 Å². The van der Waals surface area contributed by atoms with Crippen LogP contribution >= 0.6 is 0 Å². The molecule has 0 fully saturated rings. The van der Waals surface area contributed by atoms with Gasteiger partial charge in [0.05, 0.1) is 7.11 Å². The van der Waals surface area contributed by atoms with Crippen molar-refractivity contribution in [1.29, 1.82) is 0 Å². The molecule has 0 aliphatic heterocycles. The predicted molar refractivity (Wildman–Crippen MR) is 84.6 cm³/mol. The van der Waals surface area contributed by atoms with Crippen molar-refractivity contribution in [3.05, 3.63) is 65.0 Å². The molecule has 0 saturated carbocycles. The number of aryl methyl sites for hydroxylation is 1. The van der Waals surface area contributed by atoms with Crippen LogP contribution in [0.2, 0.25) is 0 Å². The summed E-state index contributed by atoms with van der Waals surface area (Å²) in [7, 11) is 1.35. The van der Waals surface area contributed by atoms with Gasteiger partial charge < -0.3 is 10.1 Å². The molecule has 0 spiro atoms. The minimum absolute atomic E-state index is 0.0675. The molecule has 0 heterocycles. The number of rotatable bonds is 6. The van der Waals surface area contributed by atoms with Crippen LogP contribution in [0.25, 0.3) is 0 Å². The summed E-state index contributed by atoms with van der Waals surface area (Å²) in [5.41, 5.74) is 0.832. The molecule has 128 valence electrons. The molecule has 1 amide bonds. The first kappa shape index (κ1) is 17.8. The maximum atomic E-state index is 13.6. The lowest BCUT2D eigenvalue weighted by Gasteiger charge is -2.14. The zero-order valence-electron chi connectivity index (χ0n) is 13.4. The highest BCUT2D eigenvalue weighted by atomic mass is 19.2. The second-order valence-electron chi connectivity index (χ2n) is 5.51. The van der Waals surface area contributed by atoms with Crippen LogP contribution < -0.4 is 10.1 Å². The summed E-state index contributed by atoms with van der Waals surface area (Å²) < 4.78 is 44.4. The molecule has 0 saturated heterocycles. The van der Waals surface area contributed by atoms with E-state index in [1.54, 1.807) is 6.92 Å². The van der Waals surface area contributed by atoms with Crippen LogP contribution in [-0.2, 0) is 6.42 Å². The monoisotopic (exact) mass is 337 g/mol. The lowest BCUT2D eigenvalue weighted by atomic mass is 10.1. The Bertz CT molecular complexity index is 734. The van der Waals surface area contributed by atoms with Crippen molar-refractivity contribution in [3.8, 4) is 5.75 Å². The first-order valence-corrected chi connectivity index (χ1v) is 7.49. The van der Waals surface area contributed by atoms with Crippen molar-refractivity contribution >= 4 is 5.91 Å². The van der Waals surface area contributed by atoms with Gasteiger partial charge in [-0.1, -0.05) is 6.07 Å². The van der Waals surface area contributed by atoms with Crippen molar-refractivity contribution in [2.75, 3.05) is 7.11 Å². The van der Waals surface area contributed by atoms with Gasteiger partial charge in [-0.05, 0) is 55.7 Å². The molecule has 2 rings (SSSR count). The van der Waals surface area contributed by atoms with Gasteiger partial charge in [-0.25, -0.2) is 13.2 Å². The van der Waals surface area contributed by atoms with Gasteiger partial charge in [0, 0.05) is 11.6 Å². The highest BCUT2D eigenvalue weighted by Crippen LogP contribution is 2.18. The molecule has 6 heteroatoms. The fraction of sp³-hybridized carbons (Fsp3) is 0.278. The van der Waals surface area contributed by atoms with Gasteiger partial charge in [0.25, 0.3) is 5.91 Å². The number of carbonyl (C=O) groups excluding carboxylic acids is 1. The zero-order valence-corrected chi connectivity index (χ0v) is 13.4. The van der Waals surface area contributed by atoms with Crippen molar-refractivity contribution in [2.45, 2.75) is 25.8 Å². The number of amides is 1. The molecule has 0 bridgehead atoms. The van der Waals surface area contributed by atoms with E-state index < -0.39 is 23.4 Å². The van der Waals surface area contributed by atoms with Crippen LogP contribution in [0.15, 0.2) is 36.4 Å². The molecular formula is C18H18F3NO2. The van der Waals surface area contributed by atoms with Crippen molar-refractivity contribution in [1.82, 2.24) is 5.32 Å². The smallest absolute Gasteiger partial charge is 0.251 e. The number of hydrogen-bond acceptors (Lipinski definition) is 2. The normalized spacial score (nSPS) is 11.9. The number of methoxy groups -OCH3 is 1. The lowest BCUT2D eigenvalue weighted by molar-refractivity contribution is 0.0938. The number of benzene rings is 2. The fourth-order valence-corrected chi connectivity index (χ4v) is 2.27. The molecule has 1 N–H and O–H groups in total. The van der Waals surface area contributed by atoms with Gasteiger partial charge in [-0.3, -0.25) is 4.79 Å². The van der Waals surface area contributed by atoms with Crippen molar-refractivity contribution in [2.24, 2.45) is 0 Å². The Hall–Kier alpha value is -2.50. The summed E-state index contributed by atoms with van der Waals surface area (Å²) in [5.74, 6) is -2.73. The second kappa shape index (κ2) is 7.86. The van der Waals surface area contributed by atoms with Crippen LogP contribution in [-0.4, -0.2) is 19.1 Å². The highest BCUT2D eigenvalue weighted by molar-refractivity contribution is 5.94. The molecule has 2 aromatic rings. The van der Waals surface area contributed by atoms with Gasteiger partial charge in [0.2, 0.25) is 0 Å². The molecule has 0 radical (unpaired) electrons. The van der Waals surface area contributed by atoms with Gasteiger partial charge >= 0.3 is 0 Å². The third-order valence-electron chi connectivity index (χ3n) is 3.64. The van der Waals surface area contributed by atoms with E-state index >= 15 is 0 Å². The summed E-state index contributed by atoms with van der Waals surface area (Å²) in [6.07, 6.45) is 1.02. The Morgan fingerprint density at radius 3 is 2.46 bits per heavy atom.